The molecule has 0 bridgehead atoms. The van der Waals surface area contributed by atoms with Crippen LogP contribution in [0.15, 0.2) is 44.5 Å². The van der Waals surface area contributed by atoms with E-state index in [-0.39, 0.29) is 5.56 Å². The van der Waals surface area contributed by atoms with Gasteiger partial charge < -0.3 is 0 Å². The van der Waals surface area contributed by atoms with Gasteiger partial charge in [-0.1, -0.05) is 30.3 Å². The molecule has 0 spiro atoms. The molecule has 0 aromatic heterocycles. The SMILES string of the molecule is Cc1ccc2c(c1C)N=IN2C1=NC(C)(C)C(F)(F)c2ccccc21. The minimum Gasteiger partial charge on any atom is -0.255 e. The normalized spacial score (nSPS) is 19.8. The van der Waals surface area contributed by atoms with Gasteiger partial charge in [0.2, 0.25) is 0 Å². The lowest BCUT2D eigenvalue weighted by Gasteiger charge is -2.38. The third kappa shape index (κ3) is 2.29. The molecule has 3 nitrogen and oxygen atoms in total. The molecule has 2 aliphatic heterocycles. The number of hydrogen-bond acceptors (Lipinski definition) is 3. The second kappa shape index (κ2) is 5.40. The van der Waals surface area contributed by atoms with Crippen molar-refractivity contribution in [1.29, 1.82) is 0 Å². The van der Waals surface area contributed by atoms with Crippen molar-refractivity contribution in [2.75, 3.05) is 3.11 Å². The Morgan fingerprint density at radius 3 is 2.52 bits per heavy atom. The van der Waals surface area contributed by atoms with E-state index in [4.69, 9.17) is 3.15 Å². The van der Waals surface area contributed by atoms with Gasteiger partial charge in [0.25, 0.3) is 5.92 Å². The van der Waals surface area contributed by atoms with Crippen molar-refractivity contribution in [3.8, 4) is 0 Å². The summed E-state index contributed by atoms with van der Waals surface area (Å²) in [6.45, 7) is 7.11. The molecule has 0 atom stereocenters. The molecule has 4 rings (SSSR count). The lowest BCUT2D eigenvalue weighted by molar-refractivity contribution is -0.0682. The summed E-state index contributed by atoms with van der Waals surface area (Å²) in [4.78, 5) is 4.50. The van der Waals surface area contributed by atoms with Gasteiger partial charge in [0.05, 0.1) is 11.4 Å². The van der Waals surface area contributed by atoms with Gasteiger partial charge in [0, 0.05) is 11.1 Å². The second-order valence-electron chi connectivity index (χ2n) is 6.93. The average molecular weight is 453 g/mol. The summed E-state index contributed by atoms with van der Waals surface area (Å²) in [5.41, 5.74) is 3.34. The number of rotatable bonds is 0. The molecular formula is C19H18F2IN3. The first-order valence-corrected chi connectivity index (χ1v) is 10.0. The number of aryl methyl sites for hydroxylation is 1. The molecule has 0 aliphatic carbocycles. The number of aliphatic imine (C=N–C) groups is 1. The lowest BCUT2D eigenvalue weighted by Crippen LogP contribution is -2.46. The number of fused-ring (bicyclic) bond motifs is 2. The Balaban J connectivity index is 1.93. The molecule has 0 amide bonds. The van der Waals surface area contributed by atoms with Crippen LogP contribution in [0, 0.1) is 13.8 Å². The fourth-order valence-electron chi connectivity index (χ4n) is 3.14. The van der Waals surface area contributed by atoms with E-state index in [9.17, 15) is 8.78 Å². The summed E-state index contributed by atoms with van der Waals surface area (Å²) in [7, 11) is 0. The molecule has 2 aromatic carbocycles. The Labute approximate surface area is 156 Å². The van der Waals surface area contributed by atoms with Crippen LogP contribution >= 0.6 is 21.3 Å². The zero-order valence-corrected chi connectivity index (χ0v) is 16.6. The van der Waals surface area contributed by atoms with Crippen LogP contribution in [0.1, 0.15) is 36.1 Å². The van der Waals surface area contributed by atoms with Gasteiger partial charge in [0.1, 0.15) is 32.7 Å². The van der Waals surface area contributed by atoms with E-state index in [1.807, 2.05) is 6.07 Å². The maximum absolute atomic E-state index is 14.9. The number of nitrogens with zero attached hydrogens (tertiary/aromatic N) is 3. The molecule has 6 heteroatoms. The highest BCUT2D eigenvalue weighted by molar-refractivity contribution is 14.2. The van der Waals surface area contributed by atoms with Crippen LogP contribution < -0.4 is 3.11 Å². The standard InChI is InChI=1S/C19H18F2IN3/c1-11-9-10-15-16(12(11)2)24-22-25(15)17-13-7-5-6-8-14(13)19(20,21)18(3,4)23-17/h5-10H,1-4H3. The van der Waals surface area contributed by atoms with Crippen LogP contribution in [-0.4, -0.2) is 11.4 Å². The predicted octanol–water partition coefficient (Wildman–Crippen LogP) is 6.16. The van der Waals surface area contributed by atoms with E-state index >= 15 is 0 Å². The van der Waals surface area contributed by atoms with Gasteiger partial charge in [-0.3, -0.25) is 8.11 Å². The zero-order chi connectivity index (χ0) is 18.0. The molecule has 0 N–H and O–H groups in total. The molecule has 2 aliphatic rings. The minimum absolute atomic E-state index is 0.0475. The quantitative estimate of drug-likeness (QED) is 0.347. The Bertz CT molecular complexity index is 948. The molecule has 0 saturated carbocycles. The summed E-state index contributed by atoms with van der Waals surface area (Å²) in [5.74, 6) is -2.39. The summed E-state index contributed by atoms with van der Waals surface area (Å²) >= 11 is -0.725. The van der Waals surface area contributed by atoms with Gasteiger partial charge in [-0.25, -0.2) is 3.15 Å². The van der Waals surface area contributed by atoms with Gasteiger partial charge in [0.15, 0.2) is 0 Å². The molecule has 0 saturated heterocycles. The average Bonchev–Trinajstić information content (AvgIpc) is 2.99. The number of anilines is 1. The first-order chi connectivity index (χ1) is 11.7. The fourth-order valence-corrected chi connectivity index (χ4v) is 5.38. The summed E-state index contributed by atoms with van der Waals surface area (Å²) in [6, 6.07) is 10.8. The number of amidine groups is 1. The van der Waals surface area contributed by atoms with E-state index in [1.165, 1.54) is 25.5 Å². The van der Waals surface area contributed by atoms with Crippen LogP contribution in [0.4, 0.5) is 20.2 Å². The van der Waals surface area contributed by atoms with Crippen LogP contribution in [0.5, 0.6) is 0 Å². The Morgan fingerprint density at radius 2 is 1.76 bits per heavy atom. The summed E-state index contributed by atoms with van der Waals surface area (Å²) in [5, 5.41) is 0. The van der Waals surface area contributed by atoms with Crippen molar-refractivity contribution >= 4 is 38.5 Å². The van der Waals surface area contributed by atoms with Gasteiger partial charge in [-0.15, -0.1) is 0 Å². The third-order valence-electron chi connectivity index (χ3n) is 4.94. The molecule has 130 valence electrons. The van der Waals surface area contributed by atoms with Gasteiger partial charge in [-0.2, -0.15) is 8.78 Å². The van der Waals surface area contributed by atoms with E-state index in [0.717, 1.165) is 16.9 Å². The number of alkyl halides is 2. The van der Waals surface area contributed by atoms with Crippen molar-refractivity contribution < 1.29 is 8.78 Å². The monoisotopic (exact) mass is 453 g/mol. The van der Waals surface area contributed by atoms with Crippen molar-refractivity contribution in [3.63, 3.8) is 0 Å². The summed E-state index contributed by atoms with van der Waals surface area (Å²) < 4.78 is 36.6. The molecule has 0 fully saturated rings. The first kappa shape index (κ1) is 16.8. The minimum atomic E-state index is -3.01. The van der Waals surface area contributed by atoms with Crippen LogP contribution in [-0.2, 0) is 5.92 Å². The van der Waals surface area contributed by atoms with E-state index in [2.05, 4.69) is 28.0 Å². The van der Waals surface area contributed by atoms with Crippen LogP contribution in [0.3, 0.4) is 0 Å². The first-order valence-electron chi connectivity index (χ1n) is 8.07. The highest BCUT2D eigenvalue weighted by atomic mass is 127. The molecule has 0 unspecified atom stereocenters. The molecule has 25 heavy (non-hydrogen) atoms. The van der Waals surface area contributed by atoms with Crippen molar-refractivity contribution in [1.82, 2.24) is 0 Å². The van der Waals surface area contributed by atoms with E-state index in [0.29, 0.717) is 11.4 Å². The zero-order valence-electron chi connectivity index (χ0n) is 14.4. The number of benzene rings is 2. The fraction of sp³-hybridized carbons (Fsp3) is 0.316. The van der Waals surface area contributed by atoms with Crippen molar-refractivity contribution in [2.45, 2.75) is 39.2 Å². The van der Waals surface area contributed by atoms with Crippen molar-refractivity contribution in [3.05, 3.63) is 58.7 Å². The predicted molar refractivity (Wildman–Crippen MR) is 105 cm³/mol. The van der Waals surface area contributed by atoms with Crippen molar-refractivity contribution in [2.24, 2.45) is 8.14 Å². The maximum atomic E-state index is 14.9. The van der Waals surface area contributed by atoms with Crippen LogP contribution in [0.2, 0.25) is 0 Å². The van der Waals surface area contributed by atoms with E-state index < -0.39 is 32.8 Å². The number of hydrogen-bond donors (Lipinski definition) is 0. The topological polar surface area (TPSA) is 28.0 Å². The Morgan fingerprint density at radius 1 is 1.04 bits per heavy atom. The Hall–Kier alpha value is -1.70. The smallest absolute Gasteiger partial charge is 0.255 e. The second-order valence-corrected chi connectivity index (χ2v) is 8.81. The van der Waals surface area contributed by atoms with Gasteiger partial charge in [-0.05, 0) is 44.9 Å². The van der Waals surface area contributed by atoms with Gasteiger partial charge >= 0.3 is 0 Å². The Kier molecular flexibility index (Phi) is 3.62. The molecule has 0 radical (unpaired) electrons. The highest BCUT2D eigenvalue weighted by Gasteiger charge is 2.53. The largest absolute Gasteiger partial charge is 0.298 e. The molecule has 2 aromatic rings. The number of halogens is 3. The third-order valence-corrected chi connectivity index (χ3v) is 7.04. The van der Waals surface area contributed by atoms with Crippen LogP contribution in [0.25, 0.3) is 0 Å². The lowest BCUT2D eigenvalue weighted by atomic mass is 9.84. The molecule has 2 heterocycles. The molecular weight excluding hydrogens is 435 g/mol. The maximum Gasteiger partial charge on any atom is 0.298 e. The van der Waals surface area contributed by atoms with E-state index in [1.54, 1.807) is 18.2 Å². The summed E-state index contributed by atoms with van der Waals surface area (Å²) in [6.07, 6.45) is 0. The highest BCUT2D eigenvalue weighted by Crippen LogP contribution is 2.51.